The van der Waals surface area contributed by atoms with E-state index in [1.165, 1.54) is 46.0 Å². The predicted octanol–water partition coefficient (Wildman–Crippen LogP) is 5.67. The van der Waals surface area contributed by atoms with Crippen molar-refractivity contribution in [3.63, 3.8) is 0 Å². The van der Waals surface area contributed by atoms with Crippen molar-refractivity contribution in [2.45, 2.75) is 24.8 Å². The molecule has 208 valence electrons. The van der Waals surface area contributed by atoms with Crippen molar-refractivity contribution in [1.29, 1.82) is 0 Å². The topological polar surface area (TPSA) is 73.8 Å². The first kappa shape index (κ1) is 30.6. The largest absolute Gasteiger partial charge is 0.309 e. The molecule has 0 unspecified atom stereocenters. The van der Waals surface area contributed by atoms with E-state index in [9.17, 15) is 17.6 Å². The molecule has 0 aliphatic carbocycles. The van der Waals surface area contributed by atoms with Crippen LogP contribution < -0.4 is 4.90 Å². The summed E-state index contributed by atoms with van der Waals surface area (Å²) in [4.78, 5) is 21.7. The summed E-state index contributed by atoms with van der Waals surface area (Å²) < 4.78 is 43.0. The second-order valence-corrected chi connectivity index (χ2v) is 12.1. The summed E-state index contributed by atoms with van der Waals surface area (Å²) in [7, 11) is 0.149. The minimum atomic E-state index is -3.76. The zero-order valence-electron chi connectivity index (χ0n) is 22.1. The lowest BCUT2D eigenvalue weighted by molar-refractivity contribution is 0.0986. The Morgan fingerprint density at radius 3 is 2.26 bits per heavy atom. The van der Waals surface area contributed by atoms with Gasteiger partial charge in [0.1, 0.15) is 11.3 Å². The lowest BCUT2D eigenvalue weighted by Crippen LogP contribution is -2.33. The van der Waals surface area contributed by atoms with Crippen molar-refractivity contribution in [3.8, 4) is 0 Å². The molecule has 0 fully saturated rings. The van der Waals surface area contributed by atoms with Crippen LogP contribution in [0.3, 0.4) is 0 Å². The van der Waals surface area contributed by atoms with Crippen molar-refractivity contribution in [3.05, 3.63) is 89.7 Å². The van der Waals surface area contributed by atoms with Gasteiger partial charge in [-0.05, 0) is 69.0 Å². The van der Waals surface area contributed by atoms with E-state index in [1.54, 1.807) is 24.0 Å². The summed E-state index contributed by atoms with van der Waals surface area (Å²) in [6.07, 6.45) is 0.689. The molecular weight excluding hydrogens is 559 g/mol. The van der Waals surface area contributed by atoms with Crippen molar-refractivity contribution >= 4 is 55.0 Å². The maximum Gasteiger partial charge on any atom is 0.260 e. The Balaban J connectivity index is 0.00000420. The average Bonchev–Trinajstić information content (AvgIpc) is 3.35. The molecule has 0 N–H and O–H groups in total. The number of fused-ring (bicyclic) bond motifs is 1. The Kier molecular flexibility index (Phi) is 10.6. The standard InChI is InChI=1S/C28H31FN4O3S2.ClH/c1-4-32(20-21-10-6-5-7-11-21)38(35,36)23-16-14-22(15-17-23)27(34)33(19-9-18-31(2)3)28-30-26-24(29)12-8-13-25(26)37-28;/h5-8,10-17H,4,9,18-20H2,1-3H3;1H. The highest BCUT2D eigenvalue weighted by atomic mass is 35.5. The van der Waals surface area contributed by atoms with Gasteiger partial charge < -0.3 is 4.90 Å². The second kappa shape index (κ2) is 13.5. The van der Waals surface area contributed by atoms with Crippen LogP contribution in [0.5, 0.6) is 0 Å². The van der Waals surface area contributed by atoms with Crippen LogP contribution in [0.2, 0.25) is 0 Å². The van der Waals surface area contributed by atoms with E-state index in [0.29, 0.717) is 34.9 Å². The molecule has 1 aromatic heterocycles. The highest BCUT2D eigenvalue weighted by Gasteiger charge is 2.26. The van der Waals surface area contributed by atoms with E-state index < -0.39 is 15.8 Å². The number of aromatic nitrogens is 1. The molecule has 0 radical (unpaired) electrons. The quantitative estimate of drug-likeness (QED) is 0.225. The molecule has 0 aliphatic heterocycles. The van der Waals surface area contributed by atoms with Gasteiger partial charge in [-0.2, -0.15) is 4.31 Å². The van der Waals surface area contributed by atoms with Crippen LogP contribution in [0.1, 0.15) is 29.3 Å². The molecule has 3 aromatic carbocycles. The summed E-state index contributed by atoms with van der Waals surface area (Å²) in [5.41, 5.74) is 1.46. The fourth-order valence-electron chi connectivity index (χ4n) is 4.08. The highest BCUT2D eigenvalue weighted by molar-refractivity contribution is 7.89. The van der Waals surface area contributed by atoms with E-state index >= 15 is 0 Å². The number of nitrogens with zero attached hydrogens (tertiary/aromatic N) is 4. The molecule has 11 heteroatoms. The number of halogens is 2. The number of amides is 1. The lowest BCUT2D eigenvalue weighted by Gasteiger charge is -2.22. The number of hydrogen-bond donors (Lipinski definition) is 0. The number of thiazole rings is 1. The SMILES string of the molecule is CCN(Cc1ccccc1)S(=O)(=O)c1ccc(C(=O)N(CCCN(C)C)c2nc3c(F)cccc3s2)cc1.Cl. The number of rotatable bonds is 11. The highest BCUT2D eigenvalue weighted by Crippen LogP contribution is 2.31. The van der Waals surface area contributed by atoms with Crippen LogP contribution >= 0.6 is 23.7 Å². The predicted molar refractivity (Wildman–Crippen MR) is 158 cm³/mol. The van der Waals surface area contributed by atoms with Crippen molar-refractivity contribution in [1.82, 2.24) is 14.2 Å². The number of carbonyl (C=O) groups is 1. The smallest absolute Gasteiger partial charge is 0.260 e. The van der Waals surface area contributed by atoms with Gasteiger partial charge in [-0.15, -0.1) is 12.4 Å². The third kappa shape index (κ3) is 7.20. The molecule has 0 spiro atoms. The summed E-state index contributed by atoms with van der Waals surface area (Å²) >= 11 is 1.25. The van der Waals surface area contributed by atoms with E-state index in [2.05, 4.69) is 4.98 Å². The van der Waals surface area contributed by atoms with Gasteiger partial charge in [-0.1, -0.05) is 54.7 Å². The Morgan fingerprint density at radius 2 is 1.64 bits per heavy atom. The molecule has 0 saturated heterocycles. The normalized spacial score (nSPS) is 11.6. The Labute approximate surface area is 239 Å². The Hall–Kier alpha value is -2.89. The zero-order valence-corrected chi connectivity index (χ0v) is 24.5. The summed E-state index contributed by atoms with van der Waals surface area (Å²) in [6, 6.07) is 20.1. The van der Waals surface area contributed by atoms with Gasteiger partial charge in [-0.3, -0.25) is 9.69 Å². The fourth-order valence-corrected chi connectivity index (χ4v) is 6.52. The second-order valence-electron chi connectivity index (χ2n) is 9.14. The van der Waals surface area contributed by atoms with Crippen LogP contribution in [0.25, 0.3) is 10.2 Å². The van der Waals surface area contributed by atoms with Gasteiger partial charge in [0, 0.05) is 25.2 Å². The van der Waals surface area contributed by atoms with Crippen LogP contribution in [0.4, 0.5) is 9.52 Å². The molecule has 7 nitrogen and oxygen atoms in total. The zero-order chi connectivity index (χ0) is 27.3. The Bertz CT molecular complexity index is 1500. The maximum absolute atomic E-state index is 14.3. The van der Waals surface area contributed by atoms with Gasteiger partial charge in [0.25, 0.3) is 5.91 Å². The number of carbonyl (C=O) groups excluding carboxylic acids is 1. The first-order valence-corrected chi connectivity index (χ1v) is 14.6. The minimum Gasteiger partial charge on any atom is -0.309 e. The van der Waals surface area contributed by atoms with E-state index in [4.69, 9.17) is 0 Å². The van der Waals surface area contributed by atoms with Crippen LogP contribution in [-0.4, -0.2) is 62.2 Å². The van der Waals surface area contributed by atoms with Crippen LogP contribution in [0.15, 0.2) is 77.7 Å². The fraction of sp³-hybridized carbons (Fsp3) is 0.286. The molecule has 4 rings (SSSR count). The molecule has 1 heterocycles. The molecular formula is C28H32ClFN4O3S2. The third-order valence-electron chi connectivity index (χ3n) is 6.12. The Morgan fingerprint density at radius 1 is 0.949 bits per heavy atom. The minimum absolute atomic E-state index is 0. The third-order valence-corrected chi connectivity index (χ3v) is 9.09. The first-order chi connectivity index (χ1) is 18.2. The van der Waals surface area contributed by atoms with Crippen molar-refractivity contribution in [2.24, 2.45) is 0 Å². The molecule has 39 heavy (non-hydrogen) atoms. The molecule has 1 amide bonds. The molecule has 0 atom stereocenters. The van der Waals surface area contributed by atoms with Crippen molar-refractivity contribution in [2.75, 3.05) is 38.6 Å². The number of sulfonamides is 1. The van der Waals surface area contributed by atoms with E-state index in [0.717, 1.165) is 12.1 Å². The molecule has 0 aliphatic rings. The maximum atomic E-state index is 14.3. The first-order valence-electron chi connectivity index (χ1n) is 12.4. The number of hydrogen-bond acceptors (Lipinski definition) is 6. The van der Waals surface area contributed by atoms with Crippen LogP contribution in [-0.2, 0) is 16.6 Å². The number of para-hydroxylation sites is 1. The van der Waals surface area contributed by atoms with Gasteiger partial charge in [-0.25, -0.2) is 17.8 Å². The van der Waals surface area contributed by atoms with Gasteiger partial charge in [0.2, 0.25) is 10.0 Å². The van der Waals surface area contributed by atoms with Gasteiger partial charge in [0.15, 0.2) is 5.13 Å². The van der Waals surface area contributed by atoms with Crippen LogP contribution in [0, 0.1) is 5.82 Å². The monoisotopic (exact) mass is 590 g/mol. The summed E-state index contributed by atoms with van der Waals surface area (Å²) in [5.74, 6) is -0.750. The summed E-state index contributed by atoms with van der Waals surface area (Å²) in [5, 5.41) is 0.408. The lowest BCUT2D eigenvalue weighted by atomic mass is 10.2. The summed E-state index contributed by atoms with van der Waals surface area (Å²) in [6.45, 7) is 3.51. The molecule has 0 saturated carbocycles. The van der Waals surface area contributed by atoms with Gasteiger partial charge in [0.05, 0.1) is 9.60 Å². The van der Waals surface area contributed by atoms with E-state index in [-0.39, 0.29) is 35.3 Å². The number of benzene rings is 3. The number of anilines is 1. The average molecular weight is 591 g/mol. The molecule has 4 aromatic rings. The molecule has 0 bridgehead atoms. The van der Waals surface area contributed by atoms with Crippen molar-refractivity contribution < 1.29 is 17.6 Å². The van der Waals surface area contributed by atoms with Gasteiger partial charge >= 0.3 is 0 Å². The van der Waals surface area contributed by atoms with E-state index in [1.807, 2.05) is 49.3 Å².